The molecule has 2 N–H and O–H groups in total. The number of tetrazole rings is 1. The quantitative estimate of drug-likeness (QED) is 0.862. The van der Waals surface area contributed by atoms with Gasteiger partial charge in [0, 0.05) is 19.8 Å². The maximum absolute atomic E-state index is 10.3. The minimum Gasteiger partial charge on any atom is -0.391 e. The van der Waals surface area contributed by atoms with E-state index in [0.717, 1.165) is 31.7 Å². The summed E-state index contributed by atoms with van der Waals surface area (Å²) >= 11 is 0. The Kier molecular flexibility index (Phi) is 4.65. The lowest BCUT2D eigenvalue weighted by Crippen LogP contribution is -2.33. The van der Waals surface area contributed by atoms with Crippen molar-refractivity contribution in [3.8, 4) is 5.69 Å². The Morgan fingerprint density at radius 2 is 2.05 bits per heavy atom. The highest BCUT2D eigenvalue weighted by molar-refractivity contribution is 5.39. The third kappa shape index (κ3) is 3.42. The number of nitrogens with one attached hydrogen (secondary N) is 1. The molecule has 0 bridgehead atoms. The van der Waals surface area contributed by atoms with Crippen LogP contribution in [0.2, 0.25) is 0 Å². The molecule has 3 rings (SSSR count). The van der Waals surface area contributed by atoms with Gasteiger partial charge in [0.15, 0.2) is 0 Å². The summed E-state index contributed by atoms with van der Waals surface area (Å²) in [5.74, 6) is 0.805. The van der Waals surface area contributed by atoms with Gasteiger partial charge in [-0.05, 0) is 48.2 Å². The zero-order valence-electron chi connectivity index (χ0n) is 12.6. The molecule has 1 atom stereocenters. The number of aromatic nitrogens is 4. The molecule has 0 aliphatic carbocycles. The predicted octanol–water partition coefficient (Wildman–Crippen LogP) is 1.17. The fourth-order valence-corrected chi connectivity index (χ4v) is 2.62. The lowest BCUT2D eigenvalue weighted by atomic mass is 9.94. The average molecular weight is 303 g/mol. The van der Waals surface area contributed by atoms with Crippen LogP contribution in [-0.2, 0) is 4.74 Å². The minimum absolute atomic E-state index is 0.268. The number of rotatable bonds is 5. The van der Waals surface area contributed by atoms with Crippen LogP contribution < -0.4 is 5.32 Å². The van der Waals surface area contributed by atoms with Crippen molar-refractivity contribution in [1.82, 2.24) is 20.2 Å². The molecule has 1 aromatic carbocycles. The molecule has 7 heteroatoms. The number of aliphatic hydroxyl groups is 1. The zero-order chi connectivity index (χ0) is 15.4. The Morgan fingerprint density at radius 3 is 2.77 bits per heavy atom. The van der Waals surface area contributed by atoms with E-state index in [1.807, 2.05) is 31.2 Å². The first-order valence-corrected chi connectivity index (χ1v) is 7.59. The van der Waals surface area contributed by atoms with Crippen LogP contribution in [-0.4, -0.2) is 51.2 Å². The molecule has 1 aromatic heterocycles. The van der Waals surface area contributed by atoms with Crippen LogP contribution in [0.1, 0.15) is 18.4 Å². The molecule has 22 heavy (non-hydrogen) atoms. The summed E-state index contributed by atoms with van der Waals surface area (Å²) in [7, 11) is 0. The molecular formula is C15H21N5O2. The molecule has 1 fully saturated rings. The molecule has 0 spiro atoms. The van der Waals surface area contributed by atoms with E-state index in [1.165, 1.54) is 5.56 Å². The van der Waals surface area contributed by atoms with Gasteiger partial charge >= 0.3 is 0 Å². The first-order chi connectivity index (χ1) is 10.7. The number of hydrogen-bond acceptors (Lipinski definition) is 6. The molecule has 1 aliphatic rings. The third-order valence-corrected chi connectivity index (χ3v) is 4.03. The molecule has 2 aromatic rings. The summed E-state index contributed by atoms with van der Waals surface area (Å²) in [6.45, 7) is 3.91. The molecular weight excluding hydrogens is 282 g/mol. The topological polar surface area (TPSA) is 85.1 Å². The average Bonchev–Trinajstić information content (AvgIpc) is 3.02. The molecule has 0 saturated carbocycles. The number of hydrogen-bond donors (Lipinski definition) is 2. The standard InChI is InChI=1S/C15H21N5O2/c1-11-2-4-13(5-3-11)20-15(17-18-19-20)16-10-14(21)12-6-8-22-9-7-12/h2-5,12,14,21H,6-10H2,1H3,(H,16,17,19). The van der Waals surface area contributed by atoms with E-state index in [-0.39, 0.29) is 5.92 Å². The van der Waals surface area contributed by atoms with Gasteiger partial charge in [-0.25, -0.2) is 0 Å². The smallest absolute Gasteiger partial charge is 0.247 e. The van der Waals surface area contributed by atoms with Crippen LogP contribution in [0.3, 0.4) is 0 Å². The van der Waals surface area contributed by atoms with Gasteiger partial charge in [0.1, 0.15) is 0 Å². The van der Waals surface area contributed by atoms with Crippen molar-refractivity contribution >= 4 is 5.95 Å². The minimum atomic E-state index is -0.424. The van der Waals surface area contributed by atoms with Gasteiger partial charge in [-0.2, -0.15) is 4.68 Å². The number of ether oxygens (including phenoxy) is 1. The van der Waals surface area contributed by atoms with Gasteiger partial charge < -0.3 is 15.2 Å². The largest absolute Gasteiger partial charge is 0.391 e. The van der Waals surface area contributed by atoms with Crippen LogP contribution in [0.4, 0.5) is 5.95 Å². The molecule has 0 amide bonds. The van der Waals surface area contributed by atoms with Gasteiger partial charge in [-0.1, -0.05) is 22.8 Å². The van der Waals surface area contributed by atoms with Crippen LogP contribution in [0.5, 0.6) is 0 Å². The highest BCUT2D eigenvalue weighted by atomic mass is 16.5. The van der Waals surface area contributed by atoms with Gasteiger partial charge in [-0.3, -0.25) is 0 Å². The van der Waals surface area contributed by atoms with E-state index in [4.69, 9.17) is 4.74 Å². The van der Waals surface area contributed by atoms with Crippen molar-refractivity contribution in [3.05, 3.63) is 29.8 Å². The van der Waals surface area contributed by atoms with Gasteiger partial charge in [0.2, 0.25) is 5.95 Å². The van der Waals surface area contributed by atoms with Crippen molar-refractivity contribution in [2.24, 2.45) is 5.92 Å². The maximum Gasteiger partial charge on any atom is 0.247 e. The van der Waals surface area contributed by atoms with E-state index >= 15 is 0 Å². The summed E-state index contributed by atoms with van der Waals surface area (Å²) < 4.78 is 6.95. The second-order valence-corrected chi connectivity index (χ2v) is 5.65. The van der Waals surface area contributed by atoms with Crippen LogP contribution in [0.25, 0.3) is 5.69 Å². The number of nitrogens with zero attached hydrogens (tertiary/aromatic N) is 4. The number of aryl methyl sites for hydroxylation is 1. The molecule has 2 heterocycles. The molecule has 0 radical (unpaired) electrons. The summed E-state index contributed by atoms with van der Waals surface area (Å²) in [5.41, 5.74) is 2.07. The SMILES string of the molecule is Cc1ccc(-n2nnnc2NCC(O)C2CCOCC2)cc1. The van der Waals surface area contributed by atoms with E-state index in [0.29, 0.717) is 12.5 Å². The maximum atomic E-state index is 10.3. The van der Waals surface area contributed by atoms with Crippen molar-refractivity contribution in [2.75, 3.05) is 25.1 Å². The van der Waals surface area contributed by atoms with Crippen LogP contribution in [0, 0.1) is 12.8 Å². The molecule has 1 unspecified atom stereocenters. The lowest BCUT2D eigenvalue weighted by molar-refractivity contribution is 0.0130. The Bertz CT molecular complexity index is 592. The second kappa shape index (κ2) is 6.85. The van der Waals surface area contributed by atoms with E-state index < -0.39 is 6.10 Å². The number of aliphatic hydroxyl groups excluding tert-OH is 1. The fraction of sp³-hybridized carbons (Fsp3) is 0.533. The lowest BCUT2D eigenvalue weighted by Gasteiger charge is -2.26. The van der Waals surface area contributed by atoms with Crippen LogP contribution in [0.15, 0.2) is 24.3 Å². The van der Waals surface area contributed by atoms with Gasteiger partial charge in [0.05, 0.1) is 11.8 Å². The van der Waals surface area contributed by atoms with Crippen molar-refractivity contribution in [3.63, 3.8) is 0 Å². The summed E-state index contributed by atoms with van der Waals surface area (Å²) in [5, 5.41) is 25.1. The highest BCUT2D eigenvalue weighted by Crippen LogP contribution is 2.19. The van der Waals surface area contributed by atoms with E-state index in [2.05, 4.69) is 20.8 Å². The van der Waals surface area contributed by atoms with E-state index in [9.17, 15) is 5.11 Å². The first-order valence-electron chi connectivity index (χ1n) is 7.59. The first kappa shape index (κ1) is 14.9. The van der Waals surface area contributed by atoms with E-state index in [1.54, 1.807) is 4.68 Å². The Balaban J connectivity index is 1.63. The molecule has 118 valence electrons. The molecule has 7 nitrogen and oxygen atoms in total. The molecule has 1 saturated heterocycles. The van der Waals surface area contributed by atoms with Crippen molar-refractivity contribution in [1.29, 1.82) is 0 Å². The predicted molar refractivity (Wildman–Crippen MR) is 81.9 cm³/mol. The van der Waals surface area contributed by atoms with Crippen molar-refractivity contribution in [2.45, 2.75) is 25.9 Å². The Morgan fingerprint density at radius 1 is 1.32 bits per heavy atom. The van der Waals surface area contributed by atoms with Crippen molar-refractivity contribution < 1.29 is 9.84 Å². The summed E-state index contributed by atoms with van der Waals surface area (Å²) in [6.07, 6.45) is 1.37. The Labute approximate surface area is 129 Å². The normalized spacial score (nSPS) is 17.4. The zero-order valence-corrected chi connectivity index (χ0v) is 12.6. The second-order valence-electron chi connectivity index (χ2n) is 5.65. The molecule has 1 aliphatic heterocycles. The summed E-state index contributed by atoms with van der Waals surface area (Å²) in [4.78, 5) is 0. The highest BCUT2D eigenvalue weighted by Gasteiger charge is 2.22. The number of anilines is 1. The summed E-state index contributed by atoms with van der Waals surface area (Å²) in [6, 6.07) is 7.95. The van der Waals surface area contributed by atoms with Gasteiger partial charge in [0.25, 0.3) is 0 Å². The van der Waals surface area contributed by atoms with Gasteiger partial charge in [-0.15, -0.1) is 0 Å². The fourth-order valence-electron chi connectivity index (χ4n) is 2.62. The van der Waals surface area contributed by atoms with Crippen LogP contribution >= 0.6 is 0 Å². The monoisotopic (exact) mass is 303 g/mol. The third-order valence-electron chi connectivity index (χ3n) is 4.03. The number of benzene rings is 1. The Hall–Kier alpha value is -1.99.